The molecule has 3 rings (SSSR count). The van der Waals surface area contributed by atoms with Crippen molar-refractivity contribution in [2.75, 3.05) is 13.7 Å². The highest BCUT2D eigenvalue weighted by atomic mass is 32.1. The molecule has 1 heterocycles. The van der Waals surface area contributed by atoms with Gasteiger partial charge in [-0.3, -0.25) is 4.79 Å². The molecule has 105 valence electrons. The van der Waals surface area contributed by atoms with Crippen molar-refractivity contribution < 1.29 is 9.53 Å². The smallest absolute Gasteiger partial charge is 0.202 e. The molecule has 0 bridgehead atoms. The number of rotatable bonds is 5. The maximum absolute atomic E-state index is 12.4. The highest BCUT2D eigenvalue weighted by Crippen LogP contribution is 2.41. The van der Waals surface area contributed by atoms with E-state index in [-0.39, 0.29) is 5.78 Å². The predicted octanol–water partition coefficient (Wildman–Crippen LogP) is 3.75. The van der Waals surface area contributed by atoms with Crippen LogP contribution in [0.3, 0.4) is 0 Å². The molecule has 0 aliphatic heterocycles. The van der Waals surface area contributed by atoms with E-state index in [4.69, 9.17) is 4.74 Å². The van der Waals surface area contributed by atoms with Gasteiger partial charge in [-0.1, -0.05) is 30.3 Å². The van der Waals surface area contributed by atoms with Crippen LogP contribution in [-0.2, 0) is 4.74 Å². The zero-order chi connectivity index (χ0) is 14.7. The van der Waals surface area contributed by atoms with Gasteiger partial charge in [-0.2, -0.15) is 0 Å². The molecule has 3 heteroatoms. The van der Waals surface area contributed by atoms with Crippen molar-refractivity contribution >= 4 is 17.1 Å². The maximum Gasteiger partial charge on any atom is 0.202 e. The fourth-order valence-corrected chi connectivity index (χ4v) is 3.34. The van der Waals surface area contributed by atoms with Gasteiger partial charge in [0.05, 0.1) is 11.5 Å². The second kappa shape index (κ2) is 6.54. The molecule has 1 aliphatic carbocycles. The summed E-state index contributed by atoms with van der Waals surface area (Å²) in [5.74, 6) is 2.37. The van der Waals surface area contributed by atoms with Gasteiger partial charge in [0.1, 0.15) is 0 Å². The molecule has 0 N–H and O–H groups in total. The molecule has 0 saturated heterocycles. The van der Waals surface area contributed by atoms with Crippen LogP contribution in [0.4, 0.5) is 0 Å². The molecule has 2 aromatic rings. The van der Waals surface area contributed by atoms with Crippen molar-refractivity contribution in [3.05, 3.63) is 88.9 Å². The lowest BCUT2D eigenvalue weighted by molar-refractivity contribution is 0.104. The minimum Gasteiger partial charge on any atom is -0.384 e. The van der Waals surface area contributed by atoms with Crippen LogP contribution in [0, 0.1) is 31.1 Å². The van der Waals surface area contributed by atoms with Crippen LogP contribution in [0.5, 0.6) is 0 Å². The average molecular weight is 295 g/mol. The van der Waals surface area contributed by atoms with Gasteiger partial charge in [0.2, 0.25) is 5.78 Å². The minimum atomic E-state index is 0.0756. The molecule has 0 atom stereocenters. The van der Waals surface area contributed by atoms with Crippen LogP contribution >= 0.6 is 11.3 Å². The number of hydrogen-bond donors (Lipinski definition) is 0. The summed E-state index contributed by atoms with van der Waals surface area (Å²) in [7, 11) is 1.69. The lowest BCUT2D eigenvalue weighted by Crippen LogP contribution is -2.10. The summed E-state index contributed by atoms with van der Waals surface area (Å²) in [5.41, 5.74) is 0.727. The Kier molecular flexibility index (Phi) is 4.51. The van der Waals surface area contributed by atoms with E-state index in [2.05, 4.69) is 12.8 Å². The first-order valence-corrected chi connectivity index (χ1v) is 7.54. The third kappa shape index (κ3) is 3.09. The van der Waals surface area contributed by atoms with E-state index in [1.807, 2.05) is 48.9 Å². The zero-order valence-electron chi connectivity index (χ0n) is 11.7. The molecule has 0 spiro atoms. The van der Waals surface area contributed by atoms with Crippen molar-refractivity contribution in [1.82, 2.24) is 0 Å². The number of methoxy groups -OCH3 is 1. The lowest BCUT2D eigenvalue weighted by Gasteiger charge is -2.15. The van der Waals surface area contributed by atoms with E-state index >= 15 is 0 Å². The van der Waals surface area contributed by atoms with Crippen LogP contribution in [-0.4, -0.2) is 19.5 Å². The van der Waals surface area contributed by atoms with E-state index in [0.717, 1.165) is 27.2 Å². The van der Waals surface area contributed by atoms with Crippen LogP contribution in [0.15, 0.2) is 42.5 Å². The second-order valence-electron chi connectivity index (χ2n) is 4.76. The van der Waals surface area contributed by atoms with Crippen LogP contribution < -0.4 is 0 Å². The molecule has 0 unspecified atom stereocenters. The number of benzene rings is 1. The summed E-state index contributed by atoms with van der Waals surface area (Å²) in [6.07, 6.45) is 6.14. The topological polar surface area (TPSA) is 26.3 Å². The summed E-state index contributed by atoms with van der Waals surface area (Å²) in [5, 5.41) is 0. The third-order valence-electron chi connectivity index (χ3n) is 3.34. The summed E-state index contributed by atoms with van der Waals surface area (Å²) in [6, 6.07) is 13.3. The van der Waals surface area contributed by atoms with Crippen LogP contribution in [0.1, 0.15) is 20.1 Å². The number of hydrogen-bond acceptors (Lipinski definition) is 3. The van der Waals surface area contributed by atoms with Crippen molar-refractivity contribution in [2.24, 2.45) is 0 Å². The standard InChI is InChI=1S/C18H15O2S/c1-20-12-14-8-5-9-15(14)16-10-11-17(21-16)18(19)13-6-3-2-4-7-13/h2-11H,12H2,1H3. The predicted molar refractivity (Wildman–Crippen MR) is 84.6 cm³/mol. The number of thiophene rings is 1. The second-order valence-corrected chi connectivity index (χ2v) is 5.84. The maximum atomic E-state index is 12.4. The Morgan fingerprint density at radius 1 is 1.10 bits per heavy atom. The van der Waals surface area contributed by atoms with Crippen LogP contribution in [0.25, 0.3) is 0 Å². The lowest BCUT2D eigenvalue weighted by atomic mass is 9.95. The summed E-state index contributed by atoms with van der Waals surface area (Å²) < 4.78 is 5.21. The molecule has 1 aromatic heterocycles. The van der Waals surface area contributed by atoms with Gasteiger partial charge >= 0.3 is 0 Å². The summed E-state index contributed by atoms with van der Waals surface area (Å²) in [4.78, 5) is 14.3. The first-order valence-electron chi connectivity index (χ1n) is 6.73. The summed E-state index contributed by atoms with van der Waals surface area (Å²) >= 11 is 1.53. The molecule has 1 aromatic carbocycles. The number of ether oxygens (including phenoxy) is 1. The molecular formula is C18H15O2S. The zero-order valence-corrected chi connectivity index (χ0v) is 12.5. The SMILES string of the molecule is COC[C]1[CH][CH][CH][C]1c1ccc(C(=O)c2ccccc2)s1. The molecule has 1 saturated carbocycles. The normalized spacial score (nSPS) is 16.4. The van der Waals surface area contributed by atoms with E-state index in [9.17, 15) is 4.79 Å². The molecule has 5 radical (unpaired) electrons. The molecule has 1 aliphatic rings. The van der Waals surface area contributed by atoms with Crippen molar-refractivity contribution in [3.63, 3.8) is 0 Å². The van der Waals surface area contributed by atoms with E-state index in [0.29, 0.717) is 6.61 Å². The fourth-order valence-electron chi connectivity index (χ4n) is 2.32. The Hall–Kier alpha value is -1.45. The van der Waals surface area contributed by atoms with Crippen molar-refractivity contribution in [2.45, 2.75) is 0 Å². The molecule has 2 nitrogen and oxygen atoms in total. The average Bonchev–Trinajstić information content (AvgIpc) is 3.16. The first kappa shape index (κ1) is 14.5. The quantitative estimate of drug-likeness (QED) is 0.785. The van der Waals surface area contributed by atoms with Gasteiger partial charge < -0.3 is 4.74 Å². The fraction of sp³-hybridized carbons (Fsp3) is 0.111. The first-order chi connectivity index (χ1) is 10.3. The number of carbonyl (C=O) groups is 1. The largest absolute Gasteiger partial charge is 0.384 e. The van der Waals surface area contributed by atoms with E-state index in [1.165, 1.54) is 11.3 Å². The van der Waals surface area contributed by atoms with Gasteiger partial charge in [-0.25, -0.2) is 0 Å². The molecule has 0 amide bonds. The van der Waals surface area contributed by atoms with Gasteiger partial charge in [-0.15, -0.1) is 11.3 Å². The molecule has 1 fully saturated rings. The molecular weight excluding hydrogens is 280 g/mol. The highest BCUT2D eigenvalue weighted by molar-refractivity contribution is 7.14. The minimum absolute atomic E-state index is 0.0756. The summed E-state index contributed by atoms with van der Waals surface area (Å²) in [6.45, 7) is 0.586. The van der Waals surface area contributed by atoms with Gasteiger partial charge in [-0.05, 0) is 31.4 Å². The van der Waals surface area contributed by atoms with Crippen molar-refractivity contribution in [1.29, 1.82) is 0 Å². The van der Waals surface area contributed by atoms with Gasteiger partial charge in [0, 0.05) is 29.4 Å². The number of carbonyl (C=O) groups excluding carboxylic acids is 1. The van der Waals surface area contributed by atoms with Crippen molar-refractivity contribution in [3.8, 4) is 0 Å². The highest BCUT2D eigenvalue weighted by Gasteiger charge is 2.32. The Morgan fingerprint density at radius 3 is 2.67 bits per heavy atom. The van der Waals surface area contributed by atoms with E-state index < -0.39 is 0 Å². The van der Waals surface area contributed by atoms with E-state index in [1.54, 1.807) is 7.11 Å². The molecule has 21 heavy (non-hydrogen) atoms. The Balaban J connectivity index is 1.79. The third-order valence-corrected chi connectivity index (χ3v) is 4.45. The van der Waals surface area contributed by atoms with Gasteiger partial charge in [0.15, 0.2) is 0 Å². The Bertz CT molecular complexity index is 603. The van der Waals surface area contributed by atoms with Gasteiger partial charge in [0.25, 0.3) is 0 Å². The Morgan fingerprint density at radius 2 is 1.90 bits per heavy atom. The number of ketones is 1. The monoisotopic (exact) mass is 295 g/mol. The van der Waals surface area contributed by atoms with Crippen LogP contribution in [0.2, 0.25) is 0 Å². The Labute approximate surface area is 129 Å².